The number of nitrogens with two attached hydrogens (primary N) is 8. The SMILES string of the molecule is [CH3][Ti]([NH2])[NH2].[CH3][Ti]([NH2])[NH2].[CH3][Ti]([NH2])[NH2].[CH3][Ti]([NH2])[NH2]. The van der Waals surface area contributed by atoms with Crippen LogP contribution in [0.5, 0.6) is 0 Å². The van der Waals surface area contributed by atoms with Gasteiger partial charge in [0.1, 0.15) is 0 Å². The van der Waals surface area contributed by atoms with Crippen molar-refractivity contribution in [1.29, 1.82) is 0 Å². The summed E-state index contributed by atoms with van der Waals surface area (Å²) in [5.41, 5.74) is 0. The zero-order valence-corrected chi connectivity index (χ0v) is 16.9. The molecule has 0 heterocycles. The van der Waals surface area contributed by atoms with Gasteiger partial charge in [-0.1, -0.05) is 0 Å². The van der Waals surface area contributed by atoms with Gasteiger partial charge in [0, 0.05) is 0 Å². The zero-order chi connectivity index (χ0) is 14.3. The fourth-order valence-electron chi connectivity index (χ4n) is 0. The number of rotatable bonds is 0. The molecule has 16 heavy (non-hydrogen) atoms. The van der Waals surface area contributed by atoms with Crippen molar-refractivity contribution in [1.82, 2.24) is 0 Å². The second kappa shape index (κ2) is 22.7. The van der Waals surface area contributed by atoms with E-state index in [4.69, 9.17) is 33.7 Å². The van der Waals surface area contributed by atoms with Crippen molar-refractivity contribution in [2.24, 2.45) is 33.7 Å². The molecule has 0 aromatic rings. The van der Waals surface area contributed by atoms with E-state index in [0.717, 1.165) is 0 Å². The van der Waals surface area contributed by atoms with Gasteiger partial charge >= 0.3 is 128 Å². The van der Waals surface area contributed by atoms with Crippen molar-refractivity contribution >= 4 is 0 Å². The van der Waals surface area contributed by atoms with E-state index < -0.39 is 73.5 Å². The van der Waals surface area contributed by atoms with Crippen LogP contribution < -0.4 is 33.7 Å². The molecule has 0 atom stereocenters. The Kier molecular flexibility index (Phi) is 38.3. The van der Waals surface area contributed by atoms with Crippen molar-refractivity contribution in [2.75, 3.05) is 0 Å². The number of hydrogen-bond donors (Lipinski definition) is 8. The first-order valence-corrected chi connectivity index (χ1v) is 17.8. The Morgan fingerprint density at radius 3 is 0.375 bits per heavy atom. The van der Waals surface area contributed by atoms with Gasteiger partial charge in [0.2, 0.25) is 0 Å². The molecule has 0 bridgehead atoms. The van der Waals surface area contributed by atoms with Gasteiger partial charge in [0.15, 0.2) is 0 Å². The van der Waals surface area contributed by atoms with Crippen LogP contribution in [0.15, 0.2) is 0 Å². The quantitative estimate of drug-likeness (QED) is 0.212. The van der Waals surface area contributed by atoms with Crippen molar-refractivity contribution in [3.05, 3.63) is 0 Å². The van der Waals surface area contributed by atoms with Crippen LogP contribution in [0.4, 0.5) is 0 Å². The van der Waals surface area contributed by atoms with Gasteiger partial charge in [-0.2, -0.15) is 0 Å². The molecule has 0 spiro atoms. The molecule has 0 saturated carbocycles. The fraction of sp³-hybridized carbons (Fsp3) is 1.00. The van der Waals surface area contributed by atoms with Gasteiger partial charge in [-0.25, -0.2) is 0 Å². The van der Waals surface area contributed by atoms with Crippen molar-refractivity contribution in [3.8, 4) is 0 Å². The maximum absolute atomic E-state index is 5.06. The first-order chi connectivity index (χ1) is 6.93. The monoisotopic (exact) mass is 380 g/mol. The molecular weight excluding hydrogens is 352 g/mol. The van der Waals surface area contributed by atoms with Crippen LogP contribution in [0.3, 0.4) is 0 Å². The summed E-state index contributed by atoms with van der Waals surface area (Å²) in [4.78, 5) is 0. The van der Waals surface area contributed by atoms with Gasteiger partial charge in [-0.3, -0.25) is 0 Å². The van der Waals surface area contributed by atoms with Gasteiger partial charge < -0.3 is 0 Å². The van der Waals surface area contributed by atoms with E-state index in [-0.39, 0.29) is 0 Å². The van der Waals surface area contributed by atoms with Crippen LogP contribution in [0.25, 0.3) is 0 Å². The first-order valence-electron chi connectivity index (χ1n) is 4.31. The van der Waals surface area contributed by atoms with Crippen LogP contribution in [-0.2, 0) is 73.5 Å². The van der Waals surface area contributed by atoms with E-state index in [1.807, 2.05) is 20.9 Å². The summed E-state index contributed by atoms with van der Waals surface area (Å²) >= 11 is -5.33. The van der Waals surface area contributed by atoms with Gasteiger partial charge in [0.25, 0.3) is 0 Å². The van der Waals surface area contributed by atoms with E-state index in [2.05, 4.69) is 0 Å². The molecule has 0 aromatic carbocycles. The molecule has 0 aliphatic rings. The molecule has 0 rings (SSSR count). The maximum atomic E-state index is 5.06. The molecule has 0 fully saturated rings. The topological polar surface area (TPSA) is 208 Å². The van der Waals surface area contributed by atoms with Crippen molar-refractivity contribution in [3.63, 3.8) is 0 Å². The molecule has 0 saturated heterocycles. The molecule has 8 nitrogen and oxygen atoms in total. The molecule has 0 aliphatic heterocycles. The van der Waals surface area contributed by atoms with Crippen LogP contribution in [0, 0.1) is 0 Å². The van der Waals surface area contributed by atoms with Gasteiger partial charge in [-0.15, -0.1) is 0 Å². The van der Waals surface area contributed by atoms with E-state index in [1.54, 1.807) is 0 Å². The predicted molar refractivity (Wildman–Crippen MR) is 57.0 cm³/mol. The standard InChI is InChI=1S/4CH3.8H2N.4Ti/h4*1H3;8*1H2;;;;/q;;;;8*-1;4*+2. The fourth-order valence-corrected chi connectivity index (χ4v) is 0. The summed E-state index contributed by atoms with van der Waals surface area (Å²) in [5.74, 6) is 0. The van der Waals surface area contributed by atoms with Crippen LogP contribution in [0.1, 0.15) is 0 Å². The number of hydrogen-bond acceptors (Lipinski definition) is 8. The first kappa shape index (κ1) is 27.0. The molecule has 0 aliphatic carbocycles. The van der Waals surface area contributed by atoms with Crippen LogP contribution in [-0.4, -0.2) is 0 Å². The Labute approximate surface area is 126 Å². The van der Waals surface area contributed by atoms with Gasteiger partial charge in [0.05, 0.1) is 0 Å². The Bertz CT molecular complexity index is 67.0. The second-order valence-electron chi connectivity index (χ2n) is 2.98. The third kappa shape index (κ3) is 620. The average Bonchev–Trinajstić information content (AvgIpc) is 1.76. The molecule has 0 radical (unpaired) electrons. The second-order valence-corrected chi connectivity index (χ2v) is 12.3. The summed E-state index contributed by atoms with van der Waals surface area (Å²) in [7, 11) is 0. The summed E-state index contributed by atoms with van der Waals surface area (Å²) < 4.78 is 40.4. The van der Waals surface area contributed by atoms with E-state index >= 15 is 0 Å². The predicted octanol–water partition coefficient (Wildman–Crippen LogP) is -2.40. The van der Waals surface area contributed by atoms with Crippen molar-refractivity contribution in [2.45, 2.75) is 20.9 Å². The zero-order valence-electron chi connectivity index (χ0n) is 10.6. The van der Waals surface area contributed by atoms with Crippen LogP contribution >= 0.6 is 0 Å². The average molecular weight is 380 g/mol. The van der Waals surface area contributed by atoms with E-state index in [9.17, 15) is 0 Å². The molecule has 0 aromatic heterocycles. The minimum atomic E-state index is -1.33. The molecular formula is C4H28N8Ti4. The van der Waals surface area contributed by atoms with E-state index in [0.29, 0.717) is 0 Å². The third-order valence-electron chi connectivity index (χ3n) is 0. The normalized spacial score (nSPS) is 6.75. The summed E-state index contributed by atoms with van der Waals surface area (Å²) in [6.07, 6.45) is 0. The molecule has 0 amide bonds. The Balaban J connectivity index is -0.0000000600. The Morgan fingerprint density at radius 2 is 0.375 bits per heavy atom. The molecule has 100 valence electrons. The van der Waals surface area contributed by atoms with E-state index in [1.165, 1.54) is 0 Å². The summed E-state index contributed by atoms with van der Waals surface area (Å²) in [6.45, 7) is 0. The summed E-state index contributed by atoms with van der Waals surface area (Å²) in [6, 6.07) is 0. The Morgan fingerprint density at radius 1 is 0.375 bits per heavy atom. The minimum absolute atomic E-state index is 1.33. The molecule has 12 heteroatoms. The van der Waals surface area contributed by atoms with Gasteiger partial charge in [-0.05, 0) is 0 Å². The summed E-state index contributed by atoms with van der Waals surface area (Å²) in [5, 5.41) is 7.56. The van der Waals surface area contributed by atoms with Crippen molar-refractivity contribution < 1.29 is 73.5 Å². The molecule has 0 unspecified atom stereocenters. The van der Waals surface area contributed by atoms with Crippen LogP contribution in [0.2, 0.25) is 20.9 Å². The Hall–Kier alpha value is 2.54. The molecule has 16 N–H and O–H groups in total. The third-order valence-corrected chi connectivity index (χ3v) is 0.